The molecule has 5 rings (SSSR count). The van der Waals surface area contributed by atoms with E-state index in [2.05, 4.69) is 11.8 Å². The molecule has 4 aromatic rings. The lowest BCUT2D eigenvalue weighted by Crippen LogP contribution is -2.61. The standard InChI is InChI=1S/C45H55O14P/c1-9-10-22-60(46,47)23-21-38-42(55-27-30-11-18-35(49-3)39(24-30)52-6)43(56-28-31-12-19-36(50-4)40(25-31)53-7)44(45(59-38)58-34-16-14-33(48-2)15-17-34)57-29-32-13-20-37(51-5)41(26-32)54-8/h11-20,24-26,38,42-45H,21-23,27-29H2,1-8H3,(H,46,47)/t38-,42-,43+,44+,45?/m1/s1. The molecule has 0 aliphatic carbocycles. The van der Waals surface area contributed by atoms with Crippen LogP contribution < -0.4 is 37.9 Å². The highest BCUT2D eigenvalue weighted by molar-refractivity contribution is 7.58. The van der Waals surface area contributed by atoms with Crippen LogP contribution in [0.3, 0.4) is 0 Å². The van der Waals surface area contributed by atoms with Gasteiger partial charge in [0, 0.05) is 6.16 Å². The Balaban J connectivity index is 1.59. The van der Waals surface area contributed by atoms with Gasteiger partial charge in [0.05, 0.1) is 81.9 Å². The number of hydrogen-bond donors (Lipinski definition) is 1. The fourth-order valence-electron chi connectivity index (χ4n) is 6.66. The van der Waals surface area contributed by atoms with Gasteiger partial charge in [-0.25, -0.2) is 0 Å². The Kier molecular flexibility index (Phi) is 17.2. The first-order valence-corrected chi connectivity index (χ1v) is 21.3. The number of rotatable bonds is 22. The summed E-state index contributed by atoms with van der Waals surface area (Å²) in [6.07, 6.45) is -4.73. The summed E-state index contributed by atoms with van der Waals surface area (Å²) in [5.41, 5.74) is 2.33. The molecule has 0 bridgehead atoms. The lowest BCUT2D eigenvalue weighted by atomic mass is 9.96. The Hall–Kier alpha value is -5.13. The number of hydrogen-bond acceptors (Lipinski definition) is 13. The van der Waals surface area contributed by atoms with Crippen molar-refractivity contribution in [3.8, 4) is 57.8 Å². The van der Waals surface area contributed by atoms with Crippen LogP contribution in [0, 0.1) is 11.8 Å². The molecule has 324 valence electrons. The van der Waals surface area contributed by atoms with E-state index >= 15 is 0 Å². The van der Waals surface area contributed by atoms with Crippen LogP contribution in [0.15, 0.2) is 78.9 Å². The summed E-state index contributed by atoms with van der Waals surface area (Å²) in [6, 6.07) is 23.5. The molecule has 14 nitrogen and oxygen atoms in total. The van der Waals surface area contributed by atoms with Gasteiger partial charge in [-0.1, -0.05) is 24.1 Å². The number of methoxy groups -OCH3 is 7. The second-order valence-electron chi connectivity index (χ2n) is 13.7. The van der Waals surface area contributed by atoms with Crippen LogP contribution in [0.2, 0.25) is 0 Å². The van der Waals surface area contributed by atoms with Crippen molar-refractivity contribution >= 4 is 7.37 Å². The Morgan fingerprint density at radius 3 is 1.43 bits per heavy atom. The molecule has 0 aromatic heterocycles. The summed E-state index contributed by atoms with van der Waals surface area (Å²) in [6.45, 7) is 1.89. The van der Waals surface area contributed by atoms with E-state index in [9.17, 15) is 9.46 Å². The van der Waals surface area contributed by atoms with Gasteiger partial charge in [-0.2, -0.15) is 0 Å². The molecule has 1 heterocycles. The summed E-state index contributed by atoms with van der Waals surface area (Å²) in [5, 5.41) is 0. The van der Waals surface area contributed by atoms with E-state index in [-0.39, 0.29) is 38.6 Å². The molecule has 1 saturated heterocycles. The van der Waals surface area contributed by atoms with Gasteiger partial charge in [0.25, 0.3) is 0 Å². The van der Waals surface area contributed by atoms with Gasteiger partial charge in [-0.15, -0.1) is 5.92 Å². The van der Waals surface area contributed by atoms with Gasteiger partial charge >= 0.3 is 0 Å². The monoisotopic (exact) mass is 850 g/mol. The van der Waals surface area contributed by atoms with Crippen LogP contribution in [0.1, 0.15) is 30.0 Å². The van der Waals surface area contributed by atoms with Gasteiger partial charge < -0.3 is 61.7 Å². The normalized spacial score (nSPS) is 19.5. The molecule has 4 aromatic carbocycles. The summed E-state index contributed by atoms with van der Waals surface area (Å²) >= 11 is 0. The third kappa shape index (κ3) is 12.2. The maximum atomic E-state index is 13.4. The van der Waals surface area contributed by atoms with E-state index in [0.717, 1.165) is 16.7 Å². The van der Waals surface area contributed by atoms with Crippen molar-refractivity contribution in [2.75, 3.05) is 62.1 Å². The first-order chi connectivity index (χ1) is 29.1. The first-order valence-electron chi connectivity index (χ1n) is 19.2. The molecule has 1 aliphatic rings. The molecule has 1 aliphatic heterocycles. The van der Waals surface area contributed by atoms with Crippen molar-refractivity contribution in [1.29, 1.82) is 0 Å². The molecule has 15 heteroatoms. The van der Waals surface area contributed by atoms with Gasteiger partial charge in [0.1, 0.15) is 29.8 Å². The van der Waals surface area contributed by atoms with E-state index in [1.54, 1.807) is 99.2 Å². The van der Waals surface area contributed by atoms with Crippen LogP contribution in [-0.4, -0.2) is 97.7 Å². The summed E-state index contributed by atoms with van der Waals surface area (Å²) in [7, 11) is 7.28. The first kappa shape index (κ1) is 45.9. The van der Waals surface area contributed by atoms with E-state index in [0.29, 0.717) is 46.0 Å². The fraction of sp³-hybridized carbons (Fsp3) is 0.422. The lowest BCUT2D eigenvalue weighted by molar-refractivity contribution is -0.304. The molecule has 1 N–H and O–H groups in total. The smallest absolute Gasteiger partial charge is 0.229 e. The maximum absolute atomic E-state index is 13.4. The average Bonchev–Trinajstić information content (AvgIpc) is 3.28. The number of benzene rings is 4. The van der Waals surface area contributed by atoms with Crippen molar-refractivity contribution < 1.29 is 66.3 Å². The lowest BCUT2D eigenvalue weighted by Gasteiger charge is -2.46. The Morgan fingerprint density at radius 2 is 1.00 bits per heavy atom. The topological polar surface area (TPSA) is 148 Å². The summed E-state index contributed by atoms with van der Waals surface area (Å²) < 4.78 is 85.7. The molecule has 2 unspecified atom stereocenters. The zero-order chi connectivity index (χ0) is 43.1. The second-order valence-corrected chi connectivity index (χ2v) is 16.1. The van der Waals surface area contributed by atoms with Gasteiger partial charge in [0.15, 0.2) is 34.5 Å². The van der Waals surface area contributed by atoms with Crippen molar-refractivity contribution in [2.45, 2.75) is 63.9 Å². The van der Waals surface area contributed by atoms with Crippen LogP contribution in [0.5, 0.6) is 46.0 Å². The molecule has 0 spiro atoms. The van der Waals surface area contributed by atoms with Crippen molar-refractivity contribution in [1.82, 2.24) is 0 Å². The molecule has 6 atom stereocenters. The van der Waals surface area contributed by atoms with Crippen LogP contribution >= 0.6 is 7.37 Å². The molecule has 0 radical (unpaired) electrons. The third-order valence-electron chi connectivity index (χ3n) is 9.84. The van der Waals surface area contributed by atoms with Crippen molar-refractivity contribution in [3.63, 3.8) is 0 Å². The zero-order valence-corrected chi connectivity index (χ0v) is 36.2. The Bertz CT molecular complexity index is 2080. The highest BCUT2D eigenvalue weighted by atomic mass is 31.2. The minimum Gasteiger partial charge on any atom is -0.497 e. The molecular weight excluding hydrogens is 795 g/mol. The minimum absolute atomic E-state index is 0.0850. The van der Waals surface area contributed by atoms with Crippen LogP contribution in [-0.2, 0) is 43.3 Å². The molecule has 0 saturated carbocycles. The Morgan fingerprint density at radius 1 is 0.567 bits per heavy atom. The predicted octanol–water partition coefficient (Wildman–Crippen LogP) is 7.29. The quantitative estimate of drug-likeness (QED) is 0.0623. The highest BCUT2D eigenvalue weighted by Gasteiger charge is 2.50. The zero-order valence-electron chi connectivity index (χ0n) is 35.3. The largest absolute Gasteiger partial charge is 0.497 e. The van der Waals surface area contributed by atoms with E-state index in [1.807, 2.05) is 36.4 Å². The van der Waals surface area contributed by atoms with Crippen LogP contribution in [0.25, 0.3) is 0 Å². The van der Waals surface area contributed by atoms with Gasteiger partial charge in [-0.3, -0.25) is 4.57 Å². The summed E-state index contributed by atoms with van der Waals surface area (Å²) in [5.74, 6) is 9.85. The fourth-order valence-corrected chi connectivity index (χ4v) is 7.88. The molecule has 0 amide bonds. The van der Waals surface area contributed by atoms with Crippen LogP contribution in [0.4, 0.5) is 0 Å². The highest BCUT2D eigenvalue weighted by Crippen LogP contribution is 2.43. The maximum Gasteiger partial charge on any atom is 0.229 e. The second kappa shape index (κ2) is 22.5. The van der Waals surface area contributed by atoms with Gasteiger partial charge in [0.2, 0.25) is 13.7 Å². The number of ether oxygens (including phenoxy) is 12. The summed E-state index contributed by atoms with van der Waals surface area (Å²) in [4.78, 5) is 11.0. The van der Waals surface area contributed by atoms with Crippen molar-refractivity contribution in [2.24, 2.45) is 0 Å². The van der Waals surface area contributed by atoms with E-state index < -0.39 is 38.1 Å². The molecule has 60 heavy (non-hydrogen) atoms. The van der Waals surface area contributed by atoms with Crippen molar-refractivity contribution in [3.05, 3.63) is 95.6 Å². The third-order valence-corrected chi connectivity index (χ3v) is 11.4. The predicted molar refractivity (Wildman–Crippen MR) is 224 cm³/mol. The average molecular weight is 851 g/mol. The van der Waals surface area contributed by atoms with E-state index in [1.165, 1.54) is 0 Å². The molecular formula is C45H55O14P. The van der Waals surface area contributed by atoms with E-state index in [4.69, 9.17) is 56.8 Å². The molecule has 1 fully saturated rings. The SMILES string of the molecule is CC#CCP(=O)(O)CC[C@H]1OC(Oc2ccc(OC)cc2)[C@@H](OCc2ccc(OC)c(OC)c2)[C@@H](OCc2ccc(OC)c(OC)c2)[C@@H]1OCc1ccc(OC)c(OC)c1. The minimum atomic E-state index is -3.69. The Labute approximate surface area is 352 Å². The van der Waals surface area contributed by atoms with Gasteiger partial charge in [-0.05, 0) is 90.7 Å².